The smallest absolute Gasteiger partial charge is 0.224 e. The quantitative estimate of drug-likeness (QED) is 0.863. The van der Waals surface area contributed by atoms with Gasteiger partial charge in [-0.05, 0) is 50.6 Å². The van der Waals surface area contributed by atoms with Crippen LogP contribution in [-0.4, -0.2) is 35.4 Å². The van der Waals surface area contributed by atoms with Gasteiger partial charge in [0.25, 0.3) is 0 Å². The zero-order chi connectivity index (χ0) is 18.4. The standard InChI is InChI=1S/C21H27N3O2/c1-3-24-13-7-10-18(15-24)20(25)23-14-17-9-6-12-22-21(17)26-19-11-5-4-8-16(19)2/h4-6,8-9,11-12,18H,3,7,10,13-15H2,1-2H3,(H,23,25)/t18-/m0/s1. The van der Waals surface area contributed by atoms with Crippen molar-refractivity contribution in [1.29, 1.82) is 0 Å². The molecule has 1 amide bonds. The molecule has 1 aliphatic rings. The maximum absolute atomic E-state index is 12.6. The molecule has 1 aromatic heterocycles. The molecule has 0 spiro atoms. The Labute approximate surface area is 155 Å². The van der Waals surface area contributed by atoms with Gasteiger partial charge in [-0.15, -0.1) is 0 Å². The van der Waals surface area contributed by atoms with Gasteiger partial charge in [0.15, 0.2) is 0 Å². The topological polar surface area (TPSA) is 54.5 Å². The highest BCUT2D eigenvalue weighted by atomic mass is 16.5. The maximum Gasteiger partial charge on any atom is 0.224 e. The zero-order valence-corrected chi connectivity index (χ0v) is 15.6. The second-order valence-corrected chi connectivity index (χ2v) is 6.79. The van der Waals surface area contributed by atoms with E-state index in [9.17, 15) is 4.79 Å². The second-order valence-electron chi connectivity index (χ2n) is 6.79. The lowest BCUT2D eigenvalue weighted by molar-refractivity contribution is -0.126. The molecule has 5 heteroatoms. The van der Waals surface area contributed by atoms with Crippen molar-refractivity contribution in [3.05, 3.63) is 53.7 Å². The molecule has 0 unspecified atom stereocenters. The van der Waals surface area contributed by atoms with Gasteiger partial charge in [0.1, 0.15) is 5.75 Å². The molecule has 138 valence electrons. The van der Waals surface area contributed by atoms with Crippen LogP contribution in [0.25, 0.3) is 0 Å². The molecule has 1 aromatic carbocycles. The fourth-order valence-electron chi connectivity index (χ4n) is 3.31. The fraction of sp³-hybridized carbons (Fsp3) is 0.429. The predicted molar refractivity (Wildman–Crippen MR) is 102 cm³/mol. The Morgan fingerprint density at radius 1 is 1.31 bits per heavy atom. The average molecular weight is 353 g/mol. The van der Waals surface area contributed by atoms with Gasteiger partial charge in [-0.3, -0.25) is 4.79 Å². The van der Waals surface area contributed by atoms with Crippen LogP contribution in [-0.2, 0) is 11.3 Å². The molecule has 5 nitrogen and oxygen atoms in total. The number of pyridine rings is 1. The molecule has 1 atom stereocenters. The van der Waals surface area contributed by atoms with Gasteiger partial charge in [-0.25, -0.2) is 4.98 Å². The van der Waals surface area contributed by atoms with E-state index in [0.29, 0.717) is 12.4 Å². The van der Waals surface area contributed by atoms with Gasteiger partial charge in [0, 0.05) is 24.8 Å². The number of nitrogens with one attached hydrogen (secondary N) is 1. The first-order chi connectivity index (χ1) is 12.7. The van der Waals surface area contributed by atoms with E-state index in [4.69, 9.17) is 4.74 Å². The normalized spacial score (nSPS) is 17.7. The van der Waals surface area contributed by atoms with Crippen molar-refractivity contribution in [2.45, 2.75) is 33.2 Å². The first kappa shape index (κ1) is 18.4. The molecule has 0 saturated carbocycles. The Morgan fingerprint density at radius 3 is 2.96 bits per heavy atom. The van der Waals surface area contributed by atoms with Crippen molar-refractivity contribution < 1.29 is 9.53 Å². The number of hydrogen-bond donors (Lipinski definition) is 1. The highest BCUT2D eigenvalue weighted by Crippen LogP contribution is 2.26. The number of carbonyl (C=O) groups excluding carboxylic acids is 1. The Morgan fingerprint density at radius 2 is 2.15 bits per heavy atom. The number of aromatic nitrogens is 1. The molecule has 0 aliphatic carbocycles. The molecule has 0 radical (unpaired) electrons. The monoisotopic (exact) mass is 353 g/mol. The lowest BCUT2D eigenvalue weighted by Gasteiger charge is -2.31. The second kappa shape index (κ2) is 8.81. The maximum atomic E-state index is 12.6. The Balaban J connectivity index is 1.63. The zero-order valence-electron chi connectivity index (χ0n) is 15.6. The largest absolute Gasteiger partial charge is 0.438 e. The SMILES string of the molecule is CCN1CCC[C@H](C(=O)NCc2cccnc2Oc2ccccc2C)C1. The van der Waals surface area contributed by atoms with E-state index < -0.39 is 0 Å². The van der Waals surface area contributed by atoms with E-state index in [1.807, 2.05) is 43.3 Å². The van der Waals surface area contributed by atoms with Crippen LogP contribution in [0, 0.1) is 12.8 Å². The van der Waals surface area contributed by atoms with E-state index in [0.717, 1.165) is 49.4 Å². The van der Waals surface area contributed by atoms with Gasteiger partial charge in [-0.2, -0.15) is 0 Å². The number of benzene rings is 1. The van der Waals surface area contributed by atoms with E-state index in [1.165, 1.54) is 0 Å². The van der Waals surface area contributed by atoms with Gasteiger partial charge in [-0.1, -0.05) is 31.2 Å². The van der Waals surface area contributed by atoms with E-state index >= 15 is 0 Å². The molecule has 1 N–H and O–H groups in total. The van der Waals surface area contributed by atoms with Crippen molar-refractivity contribution >= 4 is 5.91 Å². The summed E-state index contributed by atoms with van der Waals surface area (Å²) in [4.78, 5) is 19.2. The van der Waals surface area contributed by atoms with Crippen LogP contribution in [0.2, 0.25) is 0 Å². The minimum absolute atomic E-state index is 0.0705. The molecule has 26 heavy (non-hydrogen) atoms. The van der Waals surface area contributed by atoms with Crippen molar-refractivity contribution in [1.82, 2.24) is 15.2 Å². The minimum Gasteiger partial charge on any atom is -0.438 e. The Hall–Kier alpha value is -2.40. The lowest BCUT2D eigenvalue weighted by Crippen LogP contribution is -2.42. The lowest BCUT2D eigenvalue weighted by atomic mass is 9.97. The van der Waals surface area contributed by atoms with E-state index in [1.54, 1.807) is 6.20 Å². The number of rotatable bonds is 6. The summed E-state index contributed by atoms with van der Waals surface area (Å²) >= 11 is 0. The molecule has 1 aliphatic heterocycles. The third-order valence-electron chi connectivity index (χ3n) is 4.93. The number of piperidine rings is 1. The summed E-state index contributed by atoms with van der Waals surface area (Å²) in [6.07, 6.45) is 3.75. The number of likely N-dealkylation sites (tertiary alicyclic amines) is 1. The van der Waals surface area contributed by atoms with Crippen LogP contribution in [0.15, 0.2) is 42.6 Å². The number of ether oxygens (including phenoxy) is 1. The molecule has 2 heterocycles. The van der Waals surface area contributed by atoms with E-state index in [-0.39, 0.29) is 11.8 Å². The third-order valence-corrected chi connectivity index (χ3v) is 4.93. The van der Waals surface area contributed by atoms with Crippen LogP contribution in [0.5, 0.6) is 11.6 Å². The average Bonchev–Trinajstić information content (AvgIpc) is 2.69. The summed E-state index contributed by atoms with van der Waals surface area (Å²) in [5.41, 5.74) is 1.93. The first-order valence-electron chi connectivity index (χ1n) is 9.34. The number of amides is 1. The summed E-state index contributed by atoms with van der Waals surface area (Å²) < 4.78 is 5.98. The van der Waals surface area contributed by atoms with Gasteiger partial charge < -0.3 is 15.0 Å². The number of carbonyl (C=O) groups is 1. The minimum atomic E-state index is 0.0705. The highest BCUT2D eigenvalue weighted by molar-refractivity contribution is 5.79. The molecular formula is C21H27N3O2. The molecular weight excluding hydrogens is 326 g/mol. The number of nitrogens with zero attached hydrogens (tertiary/aromatic N) is 2. The van der Waals surface area contributed by atoms with E-state index in [2.05, 4.69) is 22.1 Å². The van der Waals surface area contributed by atoms with Crippen molar-refractivity contribution in [3.8, 4) is 11.6 Å². The number of aryl methyl sites for hydroxylation is 1. The molecule has 1 saturated heterocycles. The third kappa shape index (κ3) is 4.61. The van der Waals surface area contributed by atoms with Gasteiger partial charge in [0.2, 0.25) is 11.8 Å². The summed E-state index contributed by atoms with van der Waals surface area (Å²) in [6.45, 7) is 7.52. The van der Waals surface area contributed by atoms with Crippen LogP contribution >= 0.6 is 0 Å². The highest BCUT2D eigenvalue weighted by Gasteiger charge is 2.24. The first-order valence-corrected chi connectivity index (χ1v) is 9.34. The number of hydrogen-bond acceptors (Lipinski definition) is 4. The van der Waals surface area contributed by atoms with Gasteiger partial charge >= 0.3 is 0 Å². The summed E-state index contributed by atoms with van der Waals surface area (Å²) in [5, 5.41) is 3.07. The molecule has 1 fully saturated rings. The Bertz CT molecular complexity index is 748. The van der Waals surface area contributed by atoms with Gasteiger partial charge in [0.05, 0.1) is 5.92 Å². The Kier molecular flexibility index (Phi) is 6.23. The number of para-hydroxylation sites is 1. The molecule has 0 bridgehead atoms. The van der Waals surface area contributed by atoms with Crippen LogP contribution in [0.4, 0.5) is 0 Å². The summed E-state index contributed by atoms with van der Waals surface area (Å²) in [6, 6.07) is 11.7. The van der Waals surface area contributed by atoms with Crippen LogP contribution in [0.1, 0.15) is 30.9 Å². The summed E-state index contributed by atoms with van der Waals surface area (Å²) in [5.74, 6) is 1.51. The van der Waals surface area contributed by atoms with Crippen molar-refractivity contribution in [2.24, 2.45) is 5.92 Å². The molecule has 3 rings (SSSR count). The fourth-order valence-corrected chi connectivity index (χ4v) is 3.31. The summed E-state index contributed by atoms with van der Waals surface area (Å²) in [7, 11) is 0. The molecule has 2 aromatic rings. The predicted octanol–water partition coefficient (Wildman–Crippen LogP) is 3.53. The van der Waals surface area contributed by atoms with Crippen LogP contribution in [0.3, 0.4) is 0 Å². The van der Waals surface area contributed by atoms with Crippen LogP contribution < -0.4 is 10.1 Å². The van der Waals surface area contributed by atoms with Crippen molar-refractivity contribution in [3.63, 3.8) is 0 Å². The van der Waals surface area contributed by atoms with Crippen molar-refractivity contribution in [2.75, 3.05) is 19.6 Å².